The molecule has 1 fully saturated rings. The summed E-state index contributed by atoms with van der Waals surface area (Å²) in [5.74, 6) is 1.57. The average Bonchev–Trinajstić information content (AvgIpc) is 2.56. The maximum absolute atomic E-state index is 12.5. The molecule has 23 heavy (non-hydrogen) atoms. The van der Waals surface area contributed by atoms with Crippen molar-refractivity contribution in [2.45, 2.75) is 58.2 Å². The van der Waals surface area contributed by atoms with Crippen LogP contribution in [-0.4, -0.2) is 37.0 Å². The van der Waals surface area contributed by atoms with Crippen LogP contribution in [0.3, 0.4) is 0 Å². The first-order valence-corrected chi connectivity index (χ1v) is 8.64. The molecule has 3 atom stereocenters. The Morgan fingerprint density at radius 1 is 1.39 bits per heavy atom. The van der Waals surface area contributed by atoms with E-state index in [-0.39, 0.29) is 11.9 Å². The number of hydrogen-bond acceptors (Lipinski definition) is 3. The molecule has 0 spiro atoms. The van der Waals surface area contributed by atoms with Gasteiger partial charge in [0, 0.05) is 12.6 Å². The van der Waals surface area contributed by atoms with Crippen LogP contribution in [0.1, 0.15) is 45.1 Å². The van der Waals surface area contributed by atoms with Crippen molar-refractivity contribution in [3.05, 3.63) is 29.8 Å². The van der Waals surface area contributed by atoms with Crippen LogP contribution in [0, 0.1) is 5.92 Å². The Morgan fingerprint density at radius 2 is 2.13 bits per heavy atom. The van der Waals surface area contributed by atoms with E-state index in [1.165, 1.54) is 19.3 Å². The molecule has 0 saturated heterocycles. The van der Waals surface area contributed by atoms with Gasteiger partial charge in [-0.2, -0.15) is 0 Å². The number of likely N-dealkylation sites (N-methyl/N-ethyl adjacent to an activating group) is 1. The molecular weight excluding hydrogens is 288 g/mol. The average molecular weight is 318 g/mol. The molecule has 1 aromatic rings. The van der Waals surface area contributed by atoms with E-state index in [0.29, 0.717) is 12.0 Å². The molecule has 1 saturated carbocycles. The van der Waals surface area contributed by atoms with Crippen molar-refractivity contribution in [1.29, 1.82) is 0 Å². The second-order valence-electron chi connectivity index (χ2n) is 6.82. The number of hydrogen-bond donors (Lipinski definition) is 1. The van der Waals surface area contributed by atoms with Crippen molar-refractivity contribution in [1.82, 2.24) is 10.2 Å². The first-order chi connectivity index (χ1) is 11.0. The van der Waals surface area contributed by atoms with Crippen LogP contribution in [0.2, 0.25) is 0 Å². The summed E-state index contributed by atoms with van der Waals surface area (Å²) in [5.41, 5.74) is 1.15. The molecule has 3 unspecified atom stereocenters. The fourth-order valence-electron chi connectivity index (χ4n) is 3.23. The summed E-state index contributed by atoms with van der Waals surface area (Å²) >= 11 is 0. The maximum Gasteiger partial charge on any atom is 0.237 e. The number of amides is 1. The molecule has 128 valence electrons. The smallest absolute Gasteiger partial charge is 0.237 e. The predicted molar refractivity (Wildman–Crippen MR) is 93.5 cm³/mol. The van der Waals surface area contributed by atoms with E-state index < -0.39 is 0 Å². The van der Waals surface area contributed by atoms with Crippen molar-refractivity contribution in [3.63, 3.8) is 0 Å². The molecule has 1 amide bonds. The van der Waals surface area contributed by atoms with Gasteiger partial charge in [-0.3, -0.25) is 9.69 Å². The van der Waals surface area contributed by atoms with Crippen molar-refractivity contribution in [2.24, 2.45) is 5.92 Å². The highest BCUT2D eigenvalue weighted by Crippen LogP contribution is 2.24. The van der Waals surface area contributed by atoms with E-state index in [0.717, 1.165) is 24.3 Å². The predicted octanol–water partition coefficient (Wildman–Crippen LogP) is 3.21. The van der Waals surface area contributed by atoms with Gasteiger partial charge in [0.15, 0.2) is 0 Å². The lowest BCUT2D eigenvalue weighted by Gasteiger charge is -2.32. The number of nitrogens with zero attached hydrogens (tertiary/aromatic N) is 1. The highest BCUT2D eigenvalue weighted by Gasteiger charge is 2.26. The highest BCUT2D eigenvalue weighted by atomic mass is 16.5. The molecule has 1 aliphatic rings. The summed E-state index contributed by atoms with van der Waals surface area (Å²) in [6.07, 6.45) is 4.85. The Balaban J connectivity index is 1.90. The lowest BCUT2D eigenvalue weighted by Crippen LogP contribution is -2.49. The topological polar surface area (TPSA) is 41.6 Å². The second-order valence-corrected chi connectivity index (χ2v) is 6.82. The number of benzene rings is 1. The van der Waals surface area contributed by atoms with Crippen LogP contribution in [0.25, 0.3) is 0 Å². The van der Waals surface area contributed by atoms with Crippen LogP contribution in [0.5, 0.6) is 5.75 Å². The Kier molecular flexibility index (Phi) is 6.46. The molecule has 0 heterocycles. The SMILES string of the molecule is COc1cccc(CN(C)C(C)C(=O)NC2CCCCC2C)c1. The molecule has 1 N–H and O–H groups in total. The third kappa shape index (κ3) is 4.96. The minimum atomic E-state index is -0.143. The highest BCUT2D eigenvalue weighted by molar-refractivity contribution is 5.81. The molecule has 0 radical (unpaired) electrons. The van der Waals surface area contributed by atoms with Gasteiger partial charge in [-0.25, -0.2) is 0 Å². The van der Waals surface area contributed by atoms with Gasteiger partial charge in [0.1, 0.15) is 5.75 Å². The molecule has 0 bridgehead atoms. The third-order valence-corrected chi connectivity index (χ3v) is 5.05. The lowest BCUT2D eigenvalue weighted by atomic mass is 9.86. The summed E-state index contributed by atoms with van der Waals surface area (Å²) < 4.78 is 5.26. The summed E-state index contributed by atoms with van der Waals surface area (Å²) in [7, 11) is 3.66. The third-order valence-electron chi connectivity index (χ3n) is 5.05. The van der Waals surface area contributed by atoms with Gasteiger partial charge in [0.2, 0.25) is 5.91 Å². The zero-order valence-corrected chi connectivity index (χ0v) is 14.8. The Hall–Kier alpha value is -1.55. The van der Waals surface area contributed by atoms with E-state index >= 15 is 0 Å². The molecule has 1 aromatic carbocycles. The maximum atomic E-state index is 12.5. The summed E-state index contributed by atoms with van der Waals surface area (Å²) in [6, 6.07) is 8.19. The molecule has 1 aliphatic carbocycles. The molecule has 4 heteroatoms. The first-order valence-electron chi connectivity index (χ1n) is 8.64. The van der Waals surface area contributed by atoms with Gasteiger partial charge < -0.3 is 10.1 Å². The molecular formula is C19H30N2O2. The zero-order valence-electron chi connectivity index (χ0n) is 14.8. The molecule has 0 aliphatic heterocycles. The number of ether oxygens (including phenoxy) is 1. The van der Waals surface area contributed by atoms with E-state index in [9.17, 15) is 4.79 Å². The monoisotopic (exact) mass is 318 g/mol. The first kappa shape index (κ1) is 17.8. The van der Waals surface area contributed by atoms with Crippen molar-refractivity contribution in [3.8, 4) is 5.75 Å². The van der Waals surface area contributed by atoms with E-state index in [2.05, 4.69) is 23.2 Å². The number of rotatable bonds is 6. The van der Waals surface area contributed by atoms with Gasteiger partial charge >= 0.3 is 0 Å². The van der Waals surface area contributed by atoms with Gasteiger partial charge in [-0.15, -0.1) is 0 Å². The largest absolute Gasteiger partial charge is 0.497 e. The zero-order chi connectivity index (χ0) is 16.8. The quantitative estimate of drug-likeness (QED) is 0.876. The summed E-state index contributed by atoms with van der Waals surface area (Å²) in [4.78, 5) is 14.6. The summed E-state index contributed by atoms with van der Waals surface area (Å²) in [6.45, 7) is 4.95. The minimum absolute atomic E-state index is 0.133. The lowest BCUT2D eigenvalue weighted by molar-refractivity contribution is -0.126. The minimum Gasteiger partial charge on any atom is -0.497 e. The Bertz CT molecular complexity index is 518. The fourth-order valence-corrected chi connectivity index (χ4v) is 3.23. The number of carbonyl (C=O) groups is 1. The normalized spacial score (nSPS) is 22.7. The van der Waals surface area contributed by atoms with Gasteiger partial charge in [-0.1, -0.05) is 31.9 Å². The molecule has 4 nitrogen and oxygen atoms in total. The Morgan fingerprint density at radius 3 is 2.83 bits per heavy atom. The summed E-state index contributed by atoms with van der Waals surface area (Å²) in [5, 5.41) is 3.25. The van der Waals surface area contributed by atoms with Crippen LogP contribution < -0.4 is 10.1 Å². The van der Waals surface area contributed by atoms with Crippen LogP contribution in [0.4, 0.5) is 0 Å². The van der Waals surface area contributed by atoms with E-state index in [1.54, 1.807) is 7.11 Å². The molecule has 0 aromatic heterocycles. The van der Waals surface area contributed by atoms with Crippen LogP contribution in [0.15, 0.2) is 24.3 Å². The number of methoxy groups -OCH3 is 1. The van der Waals surface area contributed by atoms with Gasteiger partial charge in [0.25, 0.3) is 0 Å². The van der Waals surface area contributed by atoms with Crippen LogP contribution >= 0.6 is 0 Å². The van der Waals surface area contributed by atoms with Gasteiger partial charge in [-0.05, 0) is 50.4 Å². The van der Waals surface area contributed by atoms with Crippen molar-refractivity contribution >= 4 is 5.91 Å². The Labute approximate surface area is 140 Å². The van der Waals surface area contributed by atoms with Crippen LogP contribution in [-0.2, 0) is 11.3 Å². The van der Waals surface area contributed by atoms with Crippen molar-refractivity contribution in [2.75, 3.05) is 14.2 Å². The van der Waals surface area contributed by atoms with E-state index in [4.69, 9.17) is 4.74 Å². The van der Waals surface area contributed by atoms with Crippen molar-refractivity contribution < 1.29 is 9.53 Å². The number of nitrogens with one attached hydrogen (secondary N) is 1. The second kappa shape index (κ2) is 8.34. The number of carbonyl (C=O) groups excluding carboxylic acids is 1. The van der Waals surface area contributed by atoms with E-state index in [1.807, 2.05) is 32.2 Å². The van der Waals surface area contributed by atoms with Gasteiger partial charge in [0.05, 0.1) is 13.2 Å². The standard InChI is InChI=1S/C19H30N2O2/c1-14-8-5-6-11-18(14)20-19(22)15(2)21(3)13-16-9-7-10-17(12-16)23-4/h7,9-10,12,14-15,18H,5-6,8,11,13H2,1-4H3,(H,20,22). The fraction of sp³-hybridized carbons (Fsp3) is 0.632. The molecule has 2 rings (SSSR count).